The number of hydrogen-bond acceptors (Lipinski definition) is 6. The zero-order valence-corrected chi connectivity index (χ0v) is 22.5. The van der Waals surface area contributed by atoms with Crippen LogP contribution in [0.4, 0.5) is 0 Å². The zero-order chi connectivity index (χ0) is 24.5. The summed E-state index contributed by atoms with van der Waals surface area (Å²) >= 11 is 5.67. The molecule has 0 N–H and O–H groups in total. The van der Waals surface area contributed by atoms with Gasteiger partial charge in [-0.25, -0.2) is 4.98 Å². The Morgan fingerprint density at radius 3 is 2.80 bits per heavy atom. The van der Waals surface area contributed by atoms with Crippen LogP contribution in [0.1, 0.15) is 12.5 Å². The summed E-state index contributed by atoms with van der Waals surface area (Å²) in [5, 5.41) is 5.89. The van der Waals surface area contributed by atoms with Crippen molar-refractivity contribution in [3.05, 3.63) is 84.6 Å². The van der Waals surface area contributed by atoms with Crippen molar-refractivity contribution in [2.45, 2.75) is 6.92 Å². The highest BCUT2D eigenvalue weighted by atomic mass is 127. The molecule has 5 rings (SSSR count). The number of furan rings is 1. The molecule has 7 nitrogen and oxygen atoms in total. The van der Waals surface area contributed by atoms with Gasteiger partial charge in [-0.2, -0.15) is 9.78 Å². The van der Waals surface area contributed by atoms with E-state index in [1.54, 1.807) is 31.5 Å². The standard InChI is InChI=1S/C26H19BrIN3O4/c1-3-34-22-11-15(10-19(28)24(22)33-2)14-29-31-25(30-20-7-5-4-6-18(20)26(31)32)23-13-16-12-17(27)8-9-21(16)35-23/h4-14H,3H2,1-2H3. The van der Waals surface area contributed by atoms with Crippen molar-refractivity contribution < 1.29 is 13.9 Å². The minimum absolute atomic E-state index is 0.295. The number of rotatable bonds is 6. The monoisotopic (exact) mass is 643 g/mol. The lowest BCUT2D eigenvalue weighted by Crippen LogP contribution is -2.20. The van der Waals surface area contributed by atoms with Gasteiger partial charge in [0.05, 0.1) is 34.4 Å². The van der Waals surface area contributed by atoms with Crippen molar-refractivity contribution in [1.29, 1.82) is 0 Å². The fraction of sp³-hybridized carbons (Fsp3) is 0.115. The topological polar surface area (TPSA) is 78.9 Å². The molecular weight excluding hydrogens is 625 g/mol. The van der Waals surface area contributed by atoms with Crippen LogP contribution < -0.4 is 15.0 Å². The first kappa shape index (κ1) is 23.6. The van der Waals surface area contributed by atoms with E-state index in [1.807, 2.05) is 49.4 Å². The Labute approximate surface area is 222 Å². The number of aromatic nitrogens is 2. The number of halogens is 2. The number of hydrogen-bond donors (Lipinski definition) is 0. The van der Waals surface area contributed by atoms with Crippen LogP contribution >= 0.6 is 38.5 Å². The molecule has 0 amide bonds. The van der Waals surface area contributed by atoms with Gasteiger partial charge >= 0.3 is 0 Å². The van der Waals surface area contributed by atoms with Crippen LogP contribution in [0.3, 0.4) is 0 Å². The molecule has 5 aromatic rings. The molecule has 176 valence electrons. The molecule has 3 aromatic carbocycles. The largest absolute Gasteiger partial charge is 0.492 e. The predicted octanol–water partition coefficient (Wildman–Crippen LogP) is 6.47. The van der Waals surface area contributed by atoms with Gasteiger partial charge in [0.2, 0.25) is 5.82 Å². The summed E-state index contributed by atoms with van der Waals surface area (Å²) in [4.78, 5) is 18.2. The van der Waals surface area contributed by atoms with E-state index in [0.717, 1.165) is 19.0 Å². The number of methoxy groups -OCH3 is 1. The third-order valence-electron chi connectivity index (χ3n) is 5.31. The molecule has 0 saturated heterocycles. The first-order valence-electron chi connectivity index (χ1n) is 10.7. The number of para-hydroxylation sites is 1. The maximum absolute atomic E-state index is 13.5. The summed E-state index contributed by atoms with van der Waals surface area (Å²) < 4.78 is 20.3. The van der Waals surface area contributed by atoms with E-state index >= 15 is 0 Å². The molecule has 0 atom stereocenters. The molecule has 9 heteroatoms. The molecule has 0 bridgehead atoms. The fourth-order valence-corrected chi connectivity index (χ4v) is 4.99. The smallest absolute Gasteiger partial charge is 0.282 e. The van der Waals surface area contributed by atoms with E-state index in [0.29, 0.717) is 46.2 Å². The van der Waals surface area contributed by atoms with Crippen molar-refractivity contribution in [2.75, 3.05) is 13.7 Å². The fourth-order valence-electron chi connectivity index (χ4n) is 3.76. The van der Waals surface area contributed by atoms with Crippen molar-refractivity contribution in [1.82, 2.24) is 9.66 Å². The molecule has 0 unspecified atom stereocenters. The molecule has 2 aromatic heterocycles. The van der Waals surface area contributed by atoms with Crippen molar-refractivity contribution >= 4 is 66.6 Å². The van der Waals surface area contributed by atoms with Crippen LogP contribution in [0.2, 0.25) is 0 Å². The molecule has 0 spiro atoms. The van der Waals surface area contributed by atoms with Gasteiger partial charge in [0.15, 0.2) is 17.3 Å². The third-order valence-corrected chi connectivity index (χ3v) is 6.61. The number of fused-ring (bicyclic) bond motifs is 2. The Balaban J connectivity index is 1.69. The molecule has 0 radical (unpaired) electrons. The Kier molecular flexibility index (Phi) is 6.61. The molecular formula is C26H19BrIN3O4. The second-order valence-corrected chi connectivity index (χ2v) is 9.65. The maximum atomic E-state index is 13.5. The summed E-state index contributed by atoms with van der Waals surface area (Å²) in [6.07, 6.45) is 1.60. The summed E-state index contributed by atoms with van der Waals surface area (Å²) in [5.74, 6) is 2.02. The van der Waals surface area contributed by atoms with E-state index in [2.05, 4.69) is 43.6 Å². The van der Waals surface area contributed by atoms with Gasteiger partial charge in [-0.05, 0) is 83.6 Å². The number of nitrogens with zero attached hydrogens (tertiary/aromatic N) is 3. The van der Waals surface area contributed by atoms with Crippen LogP contribution in [0.25, 0.3) is 33.5 Å². The molecule has 0 aliphatic carbocycles. The predicted molar refractivity (Wildman–Crippen MR) is 149 cm³/mol. The second-order valence-electron chi connectivity index (χ2n) is 7.57. The maximum Gasteiger partial charge on any atom is 0.282 e. The minimum atomic E-state index is -0.295. The van der Waals surface area contributed by atoms with E-state index in [-0.39, 0.29) is 5.56 Å². The lowest BCUT2D eigenvalue weighted by atomic mass is 10.2. The Morgan fingerprint density at radius 1 is 1.17 bits per heavy atom. The highest BCUT2D eigenvalue weighted by molar-refractivity contribution is 14.1. The van der Waals surface area contributed by atoms with Crippen LogP contribution in [0.5, 0.6) is 11.5 Å². The van der Waals surface area contributed by atoms with Crippen LogP contribution in [-0.4, -0.2) is 29.6 Å². The van der Waals surface area contributed by atoms with Crippen molar-refractivity contribution in [3.8, 4) is 23.1 Å². The van der Waals surface area contributed by atoms with Gasteiger partial charge in [0.25, 0.3) is 5.56 Å². The lowest BCUT2D eigenvalue weighted by molar-refractivity contribution is 0.309. The van der Waals surface area contributed by atoms with Gasteiger partial charge < -0.3 is 13.9 Å². The first-order valence-corrected chi connectivity index (χ1v) is 12.6. The normalized spacial score (nSPS) is 11.5. The molecule has 0 saturated carbocycles. The average Bonchev–Trinajstić information content (AvgIpc) is 3.26. The Morgan fingerprint density at radius 2 is 2.00 bits per heavy atom. The van der Waals surface area contributed by atoms with Gasteiger partial charge in [0, 0.05) is 9.86 Å². The van der Waals surface area contributed by atoms with Crippen molar-refractivity contribution in [3.63, 3.8) is 0 Å². The van der Waals surface area contributed by atoms with Crippen LogP contribution in [0, 0.1) is 3.57 Å². The molecule has 2 heterocycles. The minimum Gasteiger partial charge on any atom is -0.492 e. The van der Waals surface area contributed by atoms with Gasteiger partial charge in [-0.1, -0.05) is 28.1 Å². The van der Waals surface area contributed by atoms with Gasteiger partial charge in [-0.15, -0.1) is 0 Å². The summed E-state index contributed by atoms with van der Waals surface area (Å²) in [6, 6.07) is 18.5. The second kappa shape index (κ2) is 9.82. The van der Waals surface area contributed by atoms with Gasteiger partial charge in [-0.3, -0.25) is 4.79 Å². The Hall–Kier alpha value is -3.18. The van der Waals surface area contributed by atoms with E-state index < -0.39 is 0 Å². The highest BCUT2D eigenvalue weighted by Gasteiger charge is 2.17. The molecule has 0 aliphatic rings. The molecule has 35 heavy (non-hydrogen) atoms. The van der Waals surface area contributed by atoms with Crippen molar-refractivity contribution in [2.24, 2.45) is 5.10 Å². The highest BCUT2D eigenvalue weighted by Crippen LogP contribution is 2.34. The Bertz CT molecular complexity index is 1660. The summed E-state index contributed by atoms with van der Waals surface area (Å²) in [6.45, 7) is 2.40. The van der Waals surface area contributed by atoms with Gasteiger partial charge in [0.1, 0.15) is 5.58 Å². The summed E-state index contributed by atoms with van der Waals surface area (Å²) in [5.41, 5.74) is 1.71. The van der Waals surface area contributed by atoms with E-state index in [4.69, 9.17) is 18.9 Å². The first-order chi connectivity index (χ1) is 17.0. The number of ether oxygens (including phenoxy) is 2. The van der Waals surface area contributed by atoms with E-state index in [1.165, 1.54) is 4.68 Å². The quantitative estimate of drug-likeness (QED) is 0.157. The van der Waals surface area contributed by atoms with Crippen LogP contribution in [-0.2, 0) is 0 Å². The zero-order valence-electron chi connectivity index (χ0n) is 18.8. The molecule has 0 aliphatic heterocycles. The lowest BCUT2D eigenvalue weighted by Gasteiger charge is -2.12. The van der Waals surface area contributed by atoms with E-state index in [9.17, 15) is 4.79 Å². The molecule has 0 fully saturated rings. The number of benzene rings is 3. The SMILES string of the molecule is CCOc1cc(C=Nn2c(-c3cc4cc(Br)ccc4o3)nc3ccccc3c2=O)cc(I)c1OC. The third kappa shape index (κ3) is 4.57. The van der Waals surface area contributed by atoms with Crippen LogP contribution in [0.15, 0.2) is 79.4 Å². The average molecular weight is 644 g/mol. The summed E-state index contributed by atoms with van der Waals surface area (Å²) in [7, 11) is 1.60.